The van der Waals surface area contributed by atoms with Crippen molar-refractivity contribution in [1.82, 2.24) is 15.5 Å². The first-order valence-corrected chi connectivity index (χ1v) is 13.1. The highest BCUT2D eigenvalue weighted by atomic mass is 16.5. The third kappa shape index (κ3) is 6.99. The van der Waals surface area contributed by atoms with Gasteiger partial charge < -0.3 is 25.0 Å². The highest BCUT2D eigenvalue weighted by Gasteiger charge is 2.36. The Kier molecular flexibility index (Phi) is 10.6. The number of methoxy groups -OCH3 is 2. The van der Waals surface area contributed by atoms with Crippen LogP contribution in [0.2, 0.25) is 0 Å². The molecule has 3 rings (SSSR count). The van der Waals surface area contributed by atoms with E-state index in [1.807, 2.05) is 6.07 Å². The van der Waals surface area contributed by atoms with E-state index in [9.17, 15) is 4.79 Å². The summed E-state index contributed by atoms with van der Waals surface area (Å²) in [6, 6.07) is 13.0. The summed E-state index contributed by atoms with van der Waals surface area (Å²) in [6.45, 7) is 14.0. The molecule has 0 bridgehead atoms. The summed E-state index contributed by atoms with van der Waals surface area (Å²) in [5.41, 5.74) is 6.15. The molecule has 2 aromatic rings. The van der Waals surface area contributed by atoms with Crippen molar-refractivity contribution in [2.45, 2.75) is 59.3 Å². The van der Waals surface area contributed by atoms with Crippen LogP contribution in [-0.4, -0.2) is 69.9 Å². The molecular weight excluding hydrogens is 452 g/mol. The van der Waals surface area contributed by atoms with Crippen LogP contribution in [0.1, 0.15) is 42.5 Å². The minimum absolute atomic E-state index is 0.0765. The van der Waals surface area contributed by atoms with E-state index in [0.29, 0.717) is 13.2 Å². The van der Waals surface area contributed by atoms with E-state index in [2.05, 4.69) is 78.5 Å². The van der Waals surface area contributed by atoms with Gasteiger partial charge >= 0.3 is 0 Å². The van der Waals surface area contributed by atoms with Crippen molar-refractivity contribution in [1.29, 1.82) is 0 Å². The van der Waals surface area contributed by atoms with Crippen molar-refractivity contribution < 1.29 is 14.3 Å². The van der Waals surface area contributed by atoms with Crippen molar-refractivity contribution in [3.05, 3.63) is 58.7 Å². The fourth-order valence-corrected chi connectivity index (χ4v) is 5.05. The van der Waals surface area contributed by atoms with Gasteiger partial charge in [0.1, 0.15) is 5.75 Å². The summed E-state index contributed by atoms with van der Waals surface area (Å²) in [5.74, 6) is 0.996. The Bertz CT molecular complexity index is 975. The Morgan fingerprint density at radius 3 is 2.42 bits per heavy atom. The minimum Gasteiger partial charge on any atom is -0.496 e. The zero-order valence-corrected chi connectivity index (χ0v) is 22.9. The lowest BCUT2D eigenvalue weighted by atomic mass is 10.0. The molecule has 1 amide bonds. The quantitative estimate of drug-likeness (QED) is 0.413. The first-order chi connectivity index (χ1) is 17.4. The summed E-state index contributed by atoms with van der Waals surface area (Å²) in [7, 11) is 3.36. The number of amides is 1. The molecule has 198 valence electrons. The van der Waals surface area contributed by atoms with E-state index in [1.165, 1.54) is 27.9 Å². The second-order valence-corrected chi connectivity index (χ2v) is 9.56. The Morgan fingerprint density at radius 1 is 1.06 bits per heavy atom. The number of anilines is 1. The molecule has 1 fully saturated rings. The number of hydrogen-bond acceptors (Lipinski definition) is 6. The molecule has 0 radical (unpaired) electrons. The lowest BCUT2D eigenvalue weighted by Crippen LogP contribution is -2.43. The van der Waals surface area contributed by atoms with Crippen LogP contribution in [0.4, 0.5) is 5.69 Å². The van der Waals surface area contributed by atoms with Gasteiger partial charge in [-0.3, -0.25) is 9.69 Å². The summed E-state index contributed by atoms with van der Waals surface area (Å²) < 4.78 is 10.6. The predicted octanol–water partition coefficient (Wildman–Crippen LogP) is 3.65. The smallest absolute Gasteiger partial charge is 0.237 e. The SMILES string of the molecule is CCN(CC)c1ccc(CN2C[C@@H](NCc3ccc(OC)c(C)c3C)C[C@H]2C(=O)NCCOC)cc1. The van der Waals surface area contributed by atoms with Crippen LogP contribution in [0.5, 0.6) is 5.75 Å². The lowest BCUT2D eigenvalue weighted by molar-refractivity contribution is -0.125. The van der Waals surface area contributed by atoms with Gasteiger partial charge in [-0.2, -0.15) is 0 Å². The predicted molar refractivity (Wildman–Crippen MR) is 147 cm³/mol. The Morgan fingerprint density at radius 2 is 1.78 bits per heavy atom. The van der Waals surface area contributed by atoms with Crippen LogP contribution in [0.25, 0.3) is 0 Å². The molecule has 2 atom stereocenters. The lowest BCUT2D eigenvalue weighted by Gasteiger charge is -2.25. The number of carbonyl (C=O) groups is 1. The summed E-state index contributed by atoms with van der Waals surface area (Å²) in [6.07, 6.45) is 0.782. The zero-order chi connectivity index (χ0) is 26.1. The Labute approximate surface area is 217 Å². The first kappa shape index (κ1) is 28.0. The van der Waals surface area contributed by atoms with Crippen molar-refractivity contribution in [2.24, 2.45) is 0 Å². The van der Waals surface area contributed by atoms with Gasteiger partial charge in [-0.05, 0) is 74.6 Å². The standard InChI is InChI=1S/C29H44N4O3/c1-7-32(8-2)26-12-9-23(10-13-26)19-33-20-25(17-27(33)29(34)30-15-16-35-5)31-18-24-11-14-28(36-6)22(4)21(24)3/h9-14,25,27,31H,7-8,15-20H2,1-6H3,(H,30,34)/t25-,27-/m0/s1. The molecule has 2 N–H and O–H groups in total. The highest BCUT2D eigenvalue weighted by Crippen LogP contribution is 2.26. The third-order valence-electron chi connectivity index (χ3n) is 7.41. The number of ether oxygens (including phenoxy) is 2. The van der Waals surface area contributed by atoms with Gasteiger partial charge in [0.15, 0.2) is 0 Å². The molecule has 1 aliphatic rings. The molecular formula is C29H44N4O3. The number of carbonyl (C=O) groups excluding carboxylic acids is 1. The van der Waals surface area contributed by atoms with Crippen molar-refractivity contribution in [3.8, 4) is 5.75 Å². The first-order valence-electron chi connectivity index (χ1n) is 13.1. The molecule has 0 unspecified atom stereocenters. The van der Waals surface area contributed by atoms with Crippen molar-refractivity contribution in [2.75, 3.05) is 51.9 Å². The number of hydrogen-bond donors (Lipinski definition) is 2. The number of likely N-dealkylation sites (tertiary alicyclic amines) is 1. The Hall–Kier alpha value is -2.61. The normalized spacial score (nSPS) is 17.8. The fraction of sp³-hybridized carbons (Fsp3) is 0.552. The second-order valence-electron chi connectivity index (χ2n) is 9.56. The number of nitrogens with one attached hydrogen (secondary N) is 2. The van der Waals surface area contributed by atoms with E-state index in [1.54, 1.807) is 14.2 Å². The number of rotatable bonds is 13. The maximum Gasteiger partial charge on any atom is 0.237 e. The minimum atomic E-state index is -0.166. The molecule has 36 heavy (non-hydrogen) atoms. The molecule has 0 aliphatic carbocycles. The highest BCUT2D eigenvalue weighted by molar-refractivity contribution is 5.82. The van der Waals surface area contributed by atoms with E-state index in [-0.39, 0.29) is 18.0 Å². The molecule has 1 saturated heterocycles. The average molecular weight is 497 g/mol. The van der Waals surface area contributed by atoms with E-state index < -0.39 is 0 Å². The van der Waals surface area contributed by atoms with E-state index in [4.69, 9.17) is 9.47 Å². The van der Waals surface area contributed by atoms with Crippen LogP contribution < -0.4 is 20.3 Å². The van der Waals surface area contributed by atoms with Crippen molar-refractivity contribution in [3.63, 3.8) is 0 Å². The van der Waals surface area contributed by atoms with Crippen LogP contribution >= 0.6 is 0 Å². The largest absolute Gasteiger partial charge is 0.496 e. The molecule has 1 heterocycles. The van der Waals surface area contributed by atoms with Crippen LogP contribution in [0.3, 0.4) is 0 Å². The monoisotopic (exact) mass is 496 g/mol. The molecule has 7 heteroatoms. The number of nitrogens with zero attached hydrogens (tertiary/aromatic N) is 2. The van der Waals surface area contributed by atoms with E-state index in [0.717, 1.165) is 44.9 Å². The molecule has 0 saturated carbocycles. The summed E-state index contributed by atoms with van der Waals surface area (Å²) in [4.78, 5) is 17.7. The Balaban J connectivity index is 1.69. The summed E-state index contributed by atoms with van der Waals surface area (Å²) in [5, 5.41) is 6.77. The topological polar surface area (TPSA) is 66.1 Å². The van der Waals surface area contributed by atoms with Crippen LogP contribution in [0.15, 0.2) is 36.4 Å². The third-order valence-corrected chi connectivity index (χ3v) is 7.41. The average Bonchev–Trinajstić information content (AvgIpc) is 3.29. The molecule has 7 nitrogen and oxygen atoms in total. The van der Waals surface area contributed by atoms with Crippen LogP contribution in [-0.2, 0) is 22.6 Å². The number of benzene rings is 2. The van der Waals surface area contributed by atoms with Gasteiger partial charge in [0.2, 0.25) is 5.91 Å². The molecule has 0 spiro atoms. The van der Waals surface area contributed by atoms with Gasteiger partial charge in [0.05, 0.1) is 19.8 Å². The fourth-order valence-electron chi connectivity index (χ4n) is 5.05. The molecule has 0 aromatic heterocycles. The van der Waals surface area contributed by atoms with Gasteiger partial charge in [-0.15, -0.1) is 0 Å². The zero-order valence-electron chi connectivity index (χ0n) is 22.9. The van der Waals surface area contributed by atoms with Gasteiger partial charge in [0, 0.05) is 58.1 Å². The van der Waals surface area contributed by atoms with Crippen LogP contribution in [0, 0.1) is 13.8 Å². The van der Waals surface area contributed by atoms with Gasteiger partial charge in [0.25, 0.3) is 0 Å². The maximum absolute atomic E-state index is 13.1. The molecule has 2 aromatic carbocycles. The maximum atomic E-state index is 13.1. The van der Waals surface area contributed by atoms with Crippen molar-refractivity contribution >= 4 is 11.6 Å². The summed E-state index contributed by atoms with van der Waals surface area (Å²) >= 11 is 0. The van der Waals surface area contributed by atoms with E-state index >= 15 is 0 Å². The second kappa shape index (κ2) is 13.6. The van der Waals surface area contributed by atoms with Gasteiger partial charge in [-0.1, -0.05) is 18.2 Å². The molecule has 1 aliphatic heterocycles. The van der Waals surface area contributed by atoms with Gasteiger partial charge in [-0.25, -0.2) is 0 Å².